The first kappa shape index (κ1) is 18.1. The molecule has 2 aromatic carbocycles. The summed E-state index contributed by atoms with van der Waals surface area (Å²) in [5, 5.41) is 8.74. The third-order valence-electron chi connectivity index (χ3n) is 4.25. The molecule has 4 aromatic rings. The van der Waals surface area contributed by atoms with Gasteiger partial charge < -0.3 is 15.4 Å². The first-order valence-corrected chi connectivity index (χ1v) is 8.18. The molecule has 2 aromatic heterocycles. The third kappa shape index (κ3) is 3.37. The molecule has 0 unspecified atom stereocenters. The summed E-state index contributed by atoms with van der Waals surface area (Å²) in [6.07, 6.45) is 1.66. The van der Waals surface area contributed by atoms with E-state index in [9.17, 15) is 9.59 Å². The van der Waals surface area contributed by atoms with E-state index in [1.165, 1.54) is 4.57 Å². The highest BCUT2D eigenvalue weighted by molar-refractivity contribution is 5.92. The highest BCUT2D eigenvalue weighted by Gasteiger charge is 2.11. The number of carboxylic acids is 1. The number of benzene rings is 2. The molecule has 0 atom stereocenters. The van der Waals surface area contributed by atoms with E-state index in [2.05, 4.69) is 9.97 Å². The molecular weight excluding hydrogens is 346 g/mol. The summed E-state index contributed by atoms with van der Waals surface area (Å²) in [4.78, 5) is 30.2. The average Bonchev–Trinajstić information content (AvgIpc) is 3.16. The van der Waals surface area contributed by atoms with Gasteiger partial charge in [0.2, 0.25) is 0 Å². The van der Waals surface area contributed by atoms with Crippen molar-refractivity contribution in [1.29, 1.82) is 0 Å². The van der Waals surface area contributed by atoms with Crippen LogP contribution < -0.4 is 5.73 Å². The maximum Gasteiger partial charge on any atom is 0.335 e. The van der Waals surface area contributed by atoms with Crippen LogP contribution in [0.3, 0.4) is 0 Å². The number of aromatic carboxylic acids is 1. The number of amides is 1. The molecule has 3 N–H and O–H groups in total. The van der Waals surface area contributed by atoms with Gasteiger partial charge in [-0.3, -0.25) is 0 Å². The number of carbonyl (C=O) groups is 2. The number of nitrogens with zero attached hydrogens (tertiary/aromatic N) is 4. The van der Waals surface area contributed by atoms with Gasteiger partial charge in [0.25, 0.3) is 0 Å². The molecule has 8 nitrogen and oxygen atoms in total. The second kappa shape index (κ2) is 6.91. The number of carbonyl (C=O) groups excluding carboxylic acids is 1. The average molecular weight is 365 g/mol. The van der Waals surface area contributed by atoms with Gasteiger partial charge in [-0.05, 0) is 43.7 Å². The van der Waals surface area contributed by atoms with Crippen molar-refractivity contribution in [2.75, 3.05) is 0 Å². The van der Waals surface area contributed by atoms with Crippen LogP contribution in [0.15, 0.2) is 42.7 Å². The van der Waals surface area contributed by atoms with Crippen LogP contribution in [0.1, 0.15) is 21.7 Å². The van der Waals surface area contributed by atoms with Crippen LogP contribution in [0.5, 0.6) is 0 Å². The molecule has 4 rings (SSSR count). The maximum atomic E-state index is 11.2. The van der Waals surface area contributed by atoms with Gasteiger partial charge in [0, 0.05) is 7.05 Å². The van der Waals surface area contributed by atoms with E-state index in [0.29, 0.717) is 5.82 Å². The van der Waals surface area contributed by atoms with Crippen LogP contribution in [0.4, 0.5) is 4.79 Å². The van der Waals surface area contributed by atoms with E-state index >= 15 is 0 Å². The van der Waals surface area contributed by atoms with Gasteiger partial charge in [-0.25, -0.2) is 24.1 Å². The first-order valence-electron chi connectivity index (χ1n) is 8.18. The van der Waals surface area contributed by atoms with Crippen LogP contribution in [-0.2, 0) is 7.05 Å². The quantitative estimate of drug-likeness (QED) is 0.538. The highest BCUT2D eigenvalue weighted by atomic mass is 16.4. The zero-order chi connectivity index (χ0) is 19.7. The van der Waals surface area contributed by atoms with Crippen molar-refractivity contribution in [2.24, 2.45) is 12.8 Å². The van der Waals surface area contributed by atoms with Crippen molar-refractivity contribution in [3.8, 4) is 0 Å². The number of aryl methyl sites for hydroxylation is 3. The normalized spacial score (nSPS) is 10.6. The van der Waals surface area contributed by atoms with Crippen LogP contribution in [0, 0.1) is 13.8 Å². The van der Waals surface area contributed by atoms with Gasteiger partial charge in [-0.2, -0.15) is 0 Å². The molecule has 8 heteroatoms. The second-order valence-electron chi connectivity index (χ2n) is 6.14. The molecular formula is C19H19N5O3. The fourth-order valence-electron chi connectivity index (χ4n) is 2.89. The zero-order valence-electron chi connectivity index (χ0n) is 15.2. The molecule has 0 saturated heterocycles. The van der Waals surface area contributed by atoms with Gasteiger partial charge in [0.05, 0.1) is 34.0 Å². The number of aromatic nitrogens is 4. The van der Waals surface area contributed by atoms with Crippen molar-refractivity contribution in [1.82, 2.24) is 19.1 Å². The Kier molecular flexibility index (Phi) is 4.64. The molecule has 0 aliphatic rings. The summed E-state index contributed by atoms with van der Waals surface area (Å²) in [5.74, 6) is -0.287. The number of para-hydroxylation sites is 1. The van der Waals surface area contributed by atoms with E-state index in [1.807, 2.05) is 32.2 Å². The van der Waals surface area contributed by atoms with Gasteiger partial charge >= 0.3 is 12.0 Å². The van der Waals surface area contributed by atoms with Crippen molar-refractivity contribution in [3.63, 3.8) is 0 Å². The van der Waals surface area contributed by atoms with Crippen LogP contribution in [0.2, 0.25) is 0 Å². The number of imidazole rings is 2. The highest BCUT2D eigenvalue weighted by Crippen LogP contribution is 2.18. The lowest BCUT2D eigenvalue weighted by Crippen LogP contribution is -2.20. The van der Waals surface area contributed by atoms with Crippen LogP contribution in [0.25, 0.3) is 22.1 Å². The molecule has 0 bridgehead atoms. The van der Waals surface area contributed by atoms with Crippen molar-refractivity contribution < 1.29 is 14.7 Å². The minimum absolute atomic E-state index is 0.288. The van der Waals surface area contributed by atoms with E-state index in [-0.39, 0.29) is 5.56 Å². The van der Waals surface area contributed by atoms with Gasteiger partial charge in [0.15, 0.2) is 0 Å². The van der Waals surface area contributed by atoms with Gasteiger partial charge in [-0.15, -0.1) is 0 Å². The number of hydrogen-bond donors (Lipinski definition) is 2. The molecule has 0 radical (unpaired) electrons. The van der Waals surface area contributed by atoms with Crippen molar-refractivity contribution in [2.45, 2.75) is 13.8 Å². The zero-order valence-corrected chi connectivity index (χ0v) is 15.2. The molecule has 27 heavy (non-hydrogen) atoms. The van der Waals surface area contributed by atoms with Crippen LogP contribution >= 0.6 is 0 Å². The molecule has 138 valence electrons. The SMILES string of the molecule is Cc1cccc2c1nc(C)n2C(N)=O.Cn1cnc2ccc(C(=O)O)cc21. The number of fused-ring (bicyclic) bond motifs is 2. The molecule has 1 amide bonds. The predicted octanol–water partition coefficient (Wildman–Crippen LogP) is 2.85. The topological polar surface area (TPSA) is 116 Å². The van der Waals surface area contributed by atoms with Gasteiger partial charge in [0.1, 0.15) is 5.82 Å². The lowest BCUT2D eigenvalue weighted by Gasteiger charge is -1.99. The van der Waals surface area contributed by atoms with Crippen LogP contribution in [-0.4, -0.2) is 36.2 Å². The number of hydrogen-bond acceptors (Lipinski definition) is 4. The Hall–Kier alpha value is -3.68. The van der Waals surface area contributed by atoms with E-state index < -0.39 is 12.0 Å². The largest absolute Gasteiger partial charge is 0.478 e. The summed E-state index contributed by atoms with van der Waals surface area (Å²) < 4.78 is 3.21. The predicted molar refractivity (Wildman–Crippen MR) is 102 cm³/mol. The number of nitrogens with two attached hydrogens (primary N) is 1. The van der Waals surface area contributed by atoms with Gasteiger partial charge in [-0.1, -0.05) is 12.1 Å². The Morgan fingerprint density at radius 2 is 1.85 bits per heavy atom. The summed E-state index contributed by atoms with van der Waals surface area (Å²) in [6.45, 7) is 3.73. The summed E-state index contributed by atoms with van der Waals surface area (Å²) in [5.41, 5.74) is 9.85. The fourth-order valence-corrected chi connectivity index (χ4v) is 2.89. The molecule has 0 saturated carbocycles. The van der Waals surface area contributed by atoms with E-state index in [0.717, 1.165) is 27.6 Å². The lowest BCUT2D eigenvalue weighted by molar-refractivity contribution is 0.0697. The summed E-state index contributed by atoms with van der Waals surface area (Å²) in [6, 6.07) is 10.1. The maximum absolute atomic E-state index is 11.2. The monoisotopic (exact) mass is 365 g/mol. The van der Waals surface area contributed by atoms with Crippen molar-refractivity contribution in [3.05, 3.63) is 59.7 Å². The Balaban J connectivity index is 0.000000156. The Morgan fingerprint density at radius 1 is 1.11 bits per heavy atom. The smallest absolute Gasteiger partial charge is 0.335 e. The Labute approximate surface area is 154 Å². The standard InChI is InChI=1S/C10H11N3O.C9H8N2O2/c1-6-4-3-5-8-9(6)12-7(2)13(8)10(11)14;1-11-5-10-7-3-2-6(9(12)13)4-8(7)11/h3-5H,1-2H3,(H2,11,14);2-5H,1H3,(H,12,13). The first-order chi connectivity index (χ1) is 12.8. The minimum Gasteiger partial charge on any atom is -0.478 e. The third-order valence-corrected chi connectivity index (χ3v) is 4.25. The number of primary amides is 1. The fraction of sp³-hybridized carbons (Fsp3) is 0.158. The molecule has 0 fully saturated rings. The Morgan fingerprint density at radius 3 is 2.52 bits per heavy atom. The van der Waals surface area contributed by atoms with Crippen molar-refractivity contribution >= 4 is 34.1 Å². The summed E-state index contributed by atoms with van der Waals surface area (Å²) >= 11 is 0. The molecule has 2 heterocycles. The van der Waals surface area contributed by atoms with E-state index in [1.54, 1.807) is 36.0 Å². The number of rotatable bonds is 1. The minimum atomic E-state index is -0.914. The van der Waals surface area contributed by atoms with E-state index in [4.69, 9.17) is 10.8 Å². The molecule has 0 aliphatic heterocycles. The Bertz CT molecular complexity index is 1170. The lowest BCUT2D eigenvalue weighted by atomic mass is 10.2. The number of carboxylic acid groups (broad SMARTS) is 1. The summed E-state index contributed by atoms with van der Waals surface area (Å²) in [7, 11) is 1.83. The molecule has 0 spiro atoms. The second-order valence-corrected chi connectivity index (χ2v) is 6.14. The molecule has 0 aliphatic carbocycles.